The zero-order valence-corrected chi connectivity index (χ0v) is 18.9. The molecule has 0 bridgehead atoms. The van der Waals surface area contributed by atoms with Gasteiger partial charge in [-0.25, -0.2) is 0 Å². The Hall–Kier alpha value is -2.08. The maximum atomic E-state index is 13.0. The summed E-state index contributed by atoms with van der Waals surface area (Å²) in [5.74, 6) is 1.20. The molecule has 3 aliphatic rings. The number of carboxylic acid groups (broad SMARTS) is 1. The van der Waals surface area contributed by atoms with E-state index in [0.29, 0.717) is 24.9 Å². The lowest BCUT2D eigenvalue weighted by molar-refractivity contribution is -0.137. The SMILES string of the molecule is CCN1c2ccc(C(=O)N(C)CCCC(=O)O)cc2C2CC(C3CCOCC3)CCC21. The van der Waals surface area contributed by atoms with Gasteiger partial charge in [-0.3, -0.25) is 9.59 Å². The molecule has 3 unspecified atom stereocenters. The number of benzene rings is 1. The van der Waals surface area contributed by atoms with Gasteiger partial charge in [-0.05, 0) is 81.0 Å². The van der Waals surface area contributed by atoms with E-state index in [1.54, 1.807) is 11.9 Å². The lowest BCUT2D eigenvalue weighted by atomic mass is 9.70. The molecule has 1 N–H and O–H groups in total. The fourth-order valence-corrected chi connectivity index (χ4v) is 6.13. The Labute approximate surface area is 185 Å². The fourth-order valence-electron chi connectivity index (χ4n) is 6.13. The summed E-state index contributed by atoms with van der Waals surface area (Å²) in [6.07, 6.45) is 6.68. The van der Waals surface area contributed by atoms with Gasteiger partial charge >= 0.3 is 5.97 Å². The first-order valence-electron chi connectivity index (χ1n) is 11.9. The van der Waals surface area contributed by atoms with Gasteiger partial charge in [-0.2, -0.15) is 0 Å². The van der Waals surface area contributed by atoms with Gasteiger partial charge in [-0.15, -0.1) is 0 Å². The van der Waals surface area contributed by atoms with Crippen molar-refractivity contribution < 1.29 is 19.4 Å². The van der Waals surface area contributed by atoms with Crippen molar-refractivity contribution in [3.05, 3.63) is 29.3 Å². The molecule has 0 radical (unpaired) electrons. The first-order chi connectivity index (χ1) is 15.0. The van der Waals surface area contributed by atoms with Crippen LogP contribution in [0.25, 0.3) is 0 Å². The normalized spacial score (nSPS) is 25.7. The predicted octanol–water partition coefficient (Wildman–Crippen LogP) is 4.14. The number of hydrogen-bond acceptors (Lipinski definition) is 4. The van der Waals surface area contributed by atoms with Crippen LogP contribution >= 0.6 is 0 Å². The predicted molar refractivity (Wildman–Crippen MR) is 121 cm³/mol. The molecule has 2 fully saturated rings. The Morgan fingerprint density at radius 2 is 1.94 bits per heavy atom. The number of ether oxygens (including phenoxy) is 1. The van der Waals surface area contributed by atoms with Gasteiger partial charge in [0.15, 0.2) is 0 Å². The van der Waals surface area contributed by atoms with E-state index in [0.717, 1.165) is 37.2 Å². The van der Waals surface area contributed by atoms with Crippen molar-refractivity contribution in [3.8, 4) is 0 Å². The molecule has 6 nitrogen and oxygen atoms in total. The van der Waals surface area contributed by atoms with Crippen molar-refractivity contribution in [2.45, 2.75) is 63.8 Å². The van der Waals surface area contributed by atoms with Gasteiger partial charge in [0.2, 0.25) is 0 Å². The number of amides is 1. The highest BCUT2D eigenvalue weighted by molar-refractivity contribution is 5.95. The summed E-state index contributed by atoms with van der Waals surface area (Å²) in [5.41, 5.74) is 3.37. The smallest absolute Gasteiger partial charge is 0.303 e. The van der Waals surface area contributed by atoms with Gasteiger partial charge < -0.3 is 19.6 Å². The van der Waals surface area contributed by atoms with Crippen molar-refractivity contribution >= 4 is 17.6 Å². The molecule has 170 valence electrons. The molecule has 2 aliphatic heterocycles. The minimum Gasteiger partial charge on any atom is -0.481 e. The highest BCUT2D eigenvalue weighted by atomic mass is 16.5. The molecule has 31 heavy (non-hydrogen) atoms. The van der Waals surface area contributed by atoms with E-state index in [4.69, 9.17) is 9.84 Å². The molecule has 4 rings (SSSR count). The van der Waals surface area contributed by atoms with E-state index >= 15 is 0 Å². The molecule has 2 heterocycles. The van der Waals surface area contributed by atoms with Crippen LogP contribution in [0.1, 0.15) is 73.7 Å². The highest BCUT2D eigenvalue weighted by Crippen LogP contribution is 2.51. The van der Waals surface area contributed by atoms with Gasteiger partial charge in [-0.1, -0.05) is 0 Å². The van der Waals surface area contributed by atoms with Crippen LogP contribution in [0.2, 0.25) is 0 Å². The minimum absolute atomic E-state index is 0.0172. The molecular formula is C25H36N2O4. The van der Waals surface area contributed by atoms with Gasteiger partial charge in [0.05, 0.1) is 0 Å². The quantitative estimate of drug-likeness (QED) is 0.707. The zero-order chi connectivity index (χ0) is 22.0. The van der Waals surface area contributed by atoms with E-state index in [2.05, 4.69) is 24.0 Å². The van der Waals surface area contributed by atoms with Gasteiger partial charge in [0, 0.05) is 63.0 Å². The Bertz CT molecular complexity index is 805. The molecule has 0 spiro atoms. The van der Waals surface area contributed by atoms with E-state index < -0.39 is 5.97 Å². The number of hydrogen-bond donors (Lipinski definition) is 1. The lowest BCUT2D eigenvalue weighted by Crippen LogP contribution is -2.39. The number of nitrogens with zero attached hydrogens (tertiary/aromatic N) is 2. The third-order valence-corrected chi connectivity index (χ3v) is 7.74. The van der Waals surface area contributed by atoms with Crippen LogP contribution in [0.15, 0.2) is 18.2 Å². The second kappa shape index (κ2) is 9.60. The Balaban J connectivity index is 1.51. The van der Waals surface area contributed by atoms with E-state index in [1.807, 2.05) is 6.07 Å². The number of anilines is 1. The summed E-state index contributed by atoms with van der Waals surface area (Å²) >= 11 is 0. The van der Waals surface area contributed by atoms with Gasteiger partial charge in [0.1, 0.15) is 0 Å². The number of rotatable bonds is 7. The second-order valence-corrected chi connectivity index (χ2v) is 9.48. The maximum Gasteiger partial charge on any atom is 0.303 e. The van der Waals surface area contributed by atoms with Crippen molar-refractivity contribution in [1.82, 2.24) is 4.90 Å². The third kappa shape index (κ3) is 4.59. The van der Waals surface area contributed by atoms with E-state index in [9.17, 15) is 9.59 Å². The summed E-state index contributed by atoms with van der Waals surface area (Å²) < 4.78 is 5.59. The Morgan fingerprint density at radius 3 is 2.65 bits per heavy atom. The molecule has 1 aliphatic carbocycles. The Kier molecular flexibility index (Phi) is 6.85. The molecule has 1 amide bonds. The van der Waals surface area contributed by atoms with E-state index in [1.165, 1.54) is 43.4 Å². The topological polar surface area (TPSA) is 70.1 Å². The number of likely N-dealkylation sites (N-methyl/N-ethyl adjacent to an activating group) is 1. The summed E-state index contributed by atoms with van der Waals surface area (Å²) in [7, 11) is 1.76. The number of carboxylic acids is 1. The molecule has 0 aromatic heterocycles. The summed E-state index contributed by atoms with van der Waals surface area (Å²) in [5, 5.41) is 8.85. The van der Waals surface area contributed by atoms with Crippen molar-refractivity contribution in [3.63, 3.8) is 0 Å². The lowest BCUT2D eigenvalue weighted by Gasteiger charge is -2.40. The number of fused-ring (bicyclic) bond motifs is 3. The van der Waals surface area contributed by atoms with Crippen molar-refractivity contribution in [1.29, 1.82) is 0 Å². The monoisotopic (exact) mass is 428 g/mol. The zero-order valence-electron chi connectivity index (χ0n) is 18.9. The number of carbonyl (C=O) groups excluding carboxylic acids is 1. The van der Waals surface area contributed by atoms with Crippen molar-refractivity contribution in [2.75, 3.05) is 38.3 Å². The first kappa shape index (κ1) is 22.1. The molecule has 1 aromatic carbocycles. The molecule has 6 heteroatoms. The molecular weight excluding hydrogens is 392 g/mol. The largest absolute Gasteiger partial charge is 0.481 e. The average Bonchev–Trinajstić information content (AvgIpc) is 3.11. The van der Waals surface area contributed by atoms with Crippen LogP contribution in [0.3, 0.4) is 0 Å². The minimum atomic E-state index is -0.819. The van der Waals surface area contributed by atoms with Crippen LogP contribution < -0.4 is 4.90 Å². The number of carbonyl (C=O) groups is 2. The number of aliphatic carboxylic acids is 1. The van der Waals surface area contributed by atoms with Crippen molar-refractivity contribution in [2.24, 2.45) is 11.8 Å². The first-order valence-corrected chi connectivity index (χ1v) is 11.9. The Morgan fingerprint density at radius 1 is 1.16 bits per heavy atom. The fraction of sp³-hybridized carbons (Fsp3) is 0.680. The van der Waals surface area contributed by atoms with Crippen LogP contribution in [0.5, 0.6) is 0 Å². The van der Waals surface area contributed by atoms with E-state index in [-0.39, 0.29) is 12.3 Å². The summed E-state index contributed by atoms with van der Waals surface area (Å²) in [6, 6.07) is 6.77. The summed E-state index contributed by atoms with van der Waals surface area (Å²) in [6.45, 7) is 5.49. The van der Waals surface area contributed by atoms with Crippen LogP contribution in [-0.2, 0) is 9.53 Å². The van der Waals surface area contributed by atoms with Crippen LogP contribution in [-0.4, -0.2) is 61.3 Å². The highest BCUT2D eigenvalue weighted by Gasteiger charge is 2.43. The standard InChI is InChI=1S/C25H36N2O4/c1-3-27-22-8-6-18(17-10-13-31-14-11-17)15-20(22)21-16-19(7-9-23(21)27)25(30)26(2)12-4-5-24(28)29/h7,9,16-18,20,22H,3-6,8,10-15H2,1-2H3,(H,28,29). The van der Waals surface area contributed by atoms with Crippen LogP contribution in [0, 0.1) is 11.8 Å². The molecule has 3 atom stereocenters. The maximum absolute atomic E-state index is 13.0. The summed E-state index contributed by atoms with van der Waals surface area (Å²) in [4.78, 5) is 28.0. The second-order valence-electron chi connectivity index (χ2n) is 9.48. The average molecular weight is 429 g/mol. The van der Waals surface area contributed by atoms with Crippen LogP contribution in [0.4, 0.5) is 5.69 Å². The molecule has 1 aromatic rings. The third-order valence-electron chi connectivity index (χ3n) is 7.74. The molecule has 1 saturated carbocycles. The van der Waals surface area contributed by atoms with Gasteiger partial charge in [0.25, 0.3) is 5.91 Å². The molecule has 1 saturated heterocycles.